The van der Waals surface area contributed by atoms with Gasteiger partial charge in [-0.05, 0) is 44.0 Å². The number of carbonyl (C=O) groups is 1. The van der Waals surface area contributed by atoms with Crippen LogP contribution in [0.3, 0.4) is 0 Å². The molecule has 0 aliphatic carbocycles. The molecular formula is C21H20Cl3N5OS. The first-order valence-electron chi connectivity index (χ1n) is 9.82. The van der Waals surface area contributed by atoms with E-state index in [1.54, 1.807) is 25.1 Å². The van der Waals surface area contributed by atoms with E-state index in [-0.39, 0.29) is 5.91 Å². The van der Waals surface area contributed by atoms with Crippen LogP contribution in [-0.2, 0) is 4.79 Å². The summed E-state index contributed by atoms with van der Waals surface area (Å²) in [6.45, 7) is 3.62. The van der Waals surface area contributed by atoms with Crippen molar-refractivity contribution in [1.29, 1.82) is 0 Å². The van der Waals surface area contributed by atoms with Crippen molar-refractivity contribution in [2.45, 2.75) is 30.2 Å². The predicted octanol–water partition coefficient (Wildman–Crippen LogP) is 5.95. The van der Waals surface area contributed by atoms with Gasteiger partial charge in [-0.15, -0.1) is 10.2 Å². The van der Waals surface area contributed by atoms with Gasteiger partial charge in [0, 0.05) is 13.1 Å². The van der Waals surface area contributed by atoms with Crippen LogP contribution in [0.25, 0.3) is 5.69 Å². The average molecular weight is 497 g/mol. The van der Waals surface area contributed by atoms with Crippen molar-refractivity contribution in [2.24, 2.45) is 0 Å². The average Bonchev–Trinajstić information content (AvgIpc) is 3.41. The molecule has 6 nitrogen and oxygen atoms in total. The van der Waals surface area contributed by atoms with Crippen molar-refractivity contribution in [3.05, 3.63) is 57.5 Å². The smallest absolute Gasteiger partial charge is 0.237 e. The molecule has 1 saturated heterocycles. The molecule has 1 aliphatic rings. The lowest BCUT2D eigenvalue weighted by molar-refractivity contribution is -0.115. The zero-order chi connectivity index (χ0) is 22.0. The first-order valence-corrected chi connectivity index (χ1v) is 11.8. The van der Waals surface area contributed by atoms with Gasteiger partial charge in [0.05, 0.1) is 31.7 Å². The second kappa shape index (κ2) is 9.69. The van der Waals surface area contributed by atoms with Crippen LogP contribution >= 0.6 is 46.6 Å². The Labute approximate surface area is 199 Å². The highest BCUT2D eigenvalue weighted by Crippen LogP contribution is 2.35. The summed E-state index contributed by atoms with van der Waals surface area (Å²) in [4.78, 5) is 15.0. The molecule has 2 heterocycles. The normalized spacial score (nSPS) is 14.6. The Bertz CT molecular complexity index is 1080. The summed E-state index contributed by atoms with van der Waals surface area (Å²) in [5.74, 6) is 0.492. The minimum Gasteiger partial charge on any atom is -0.341 e. The van der Waals surface area contributed by atoms with Crippen LogP contribution in [0.15, 0.2) is 47.6 Å². The summed E-state index contributed by atoms with van der Waals surface area (Å²) in [7, 11) is 0. The molecular weight excluding hydrogens is 477 g/mol. The summed E-state index contributed by atoms with van der Waals surface area (Å²) >= 11 is 20.2. The van der Waals surface area contributed by atoms with Crippen molar-refractivity contribution in [3.8, 4) is 5.69 Å². The maximum Gasteiger partial charge on any atom is 0.237 e. The zero-order valence-electron chi connectivity index (χ0n) is 16.7. The number of nitrogens with zero attached hydrogens (tertiary/aromatic N) is 4. The lowest BCUT2D eigenvalue weighted by atomic mass is 10.3. The number of para-hydroxylation sites is 2. The number of thioether (sulfide) groups is 1. The van der Waals surface area contributed by atoms with Gasteiger partial charge in [0.2, 0.25) is 11.9 Å². The van der Waals surface area contributed by atoms with E-state index in [0.29, 0.717) is 25.9 Å². The van der Waals surface area contributed by atoms with Gasteiger partial charge < -0.3 is 10.2 Å². The maximum absolute atomic E-state index is 12.9. The minimum atomic E-state index is -0.482. The Morgan fingerprint density at radius 2 is 1.65 bits per heavy atom. The van der Waals surface area contributed by atoms with Crippen LogP contribution in [-0.4, -0.2) is 39.0 Å². The summed E-state index contributed by atoms with van der Waals surface area (Å²) in [5, 5.41) is 13.1. The highest BCUT2D eigenvalue weighted by Gasteiger charge is 2.26. The van der Waals surface area contributed by atoms with Crippen LogP contribution in [0.2, 0.25) is 15.1 Å². The van der Waals surface area contributed by atoms with E-state index in [1.807, 2.05) is 28.8 Å². The molecule has 3 aromatic rings. The quantitative estimate of drug-likeness (QED) is 0.427. The fraction of sp³-hybridized carbons (Fsp3) is 0.286. The van der Waals surface area contributed by atoms with Crippen molar-refractivity contribution < 1.29 is 4.79 Å². The van der Waals surface area contributed by atoms with Crippen molar-refractivity contribution in [3.63, 3.8) is 0 Å². The van der Waals surface area contributed by atoms with Gasteiger partial charge in [0.1, 0.15) is 0 Å². The first kappa shape index (κ1) is 22.3. The minimum absolute atomic E-state index is 0.239. The molecule has 1 atom stereocenters. The number of benzene rings is 2. The van der Waals surface area contributed by atoms with E-state index in [2.05, 4.69) is 20.4 Å². The summed E-state index contributed by atoms with van der Waals surface area (Å²) in [5.41, 5.74) is 1.17. The van der Waals surface area contributed by atoms with E-state index in [0.717, 1.165) is 37.6 Å². The SMILES string of the molecule is CC(Sc1nnc(N2CCCC2)n1-c1ccccc1Cl)C(=O)Nc1c(Cl)cccc1Cl. The summed E-state index contributed by atoms with van der Waals surface area (Å²) < 4.78 is 1.92. The highest BCUT2D eigenvalue weighted by molar-refractivity contribution is 8.00. The molecule has 4 rings (SSSR count). The maximum atomic E-state index is 12.9. The molecule has 1 N–H and O–H groups in total. The number of hydrogen-bond donors (Lipinski definition) is 1. The van der Waals surface area contributed by atoms with Crippen LogP contribution in [0, 0.1) is 0 Å². The summed E-state index contributed by atoms with van der Waals surface area (Å²) in [6, 6.07) is 12.6. The van der Waals surface area contributed by atoms with Gasteiger partial charge in [-0.25, -0.2) is 0 Å². The lowest BCUT2D eigenvalue weighted by Crippen LogP contribution is -2.24. The molecule has 1 fully saturated rings. The Morgan fingerprint density at radius 1 is 1.00 bits per heavy atom. The molecule has 1 aromatic heterocycles. The zero-order valence-corrected chi connectivity index (χ0v) is 19.8. The number of carbonyl (C=O) groups excluding carboxylic acids is 1. The van der Waals surface area contributed by atoms with Gasteiger partial charge >= 0.3 is 0 Å². The number of anilines is 2. The van der Waals surface area contributed by atoms with Crippen LogP contribution in [0.4, 0.5) is 11.6 Å². The van der Waals surface area contributed by atoms with Gasteiger partial charge in [-0.2, -0.15) is 0 Å². The summed E-state index contributed by atoms with van der Waals surface area (Å²) in [6.07, 6.45) is 2.21. The number of aromatic nitrogens is 3. The van der Waals surface area contributed by atoms with E-state index in [9.17, 15) is 4.79 Å². The molecule has 10 heteroatoms. The number of halogens is 3. The van der Waals surface area contributed by atoms with Gasteiger partial charge in [-0.1, -0.05) is 64.8 Å². The third kappa shape index (κ3) is 4.80. The van der Waals surface area contributed by atoms with E-state index < -0.39 is 5.25 Å². The number of amides is 1. The fourth-order valence-electron chi connectivity index (χ4n) is 3.36. The van der Waals surface area contributed by atoms with Gasteiger partial charge in [-0.3, -0.25) is 9.36 Å². The Hall–Kier alpha value is -1.93. The van der Waals surface area contributed by atoms with Crippen LogP contribution in [0.1, 0.15) is 19.8 Å². The largest absolute Gasteiger partial charge is 0.341 e. The van der Waals surface area contributed by atoms with E-state index >= 15 is 0 Å². The highest BCUT2D eigenvalue weighted by atomic mass is 35.5. The van der Waals surface area contributed by atoms with E-state index in [4.69, 9.17) is 34.8 Å². The van der Waals surface area contributed by atoms with Crippen molar-refractivity contribution in [2.75, 3.05) is 23.3 Å². The molecule has 1 aliphatic heterocycles. The molecule has 0 bridgehead atoms. The molecule has 0 radical (unpaired) electrons. The van der Waals surface area contributed by atoms with Crippen LogP contribution in [0.5, 0.6) is 0 Å². The third-order valence-electron chi connectivity index (χ3n) is 4.96. The third-order valence-corrected chi connectivity index (χ3v) is 6.95. The fourth-order valence-corrected chi connectivity index (χ4v) is 4.93. The monoisotopic (exact) mass is 495 g/mol. The second-order valence-electron chi connectivity index (χ2n) is 7.11. The Morgan fingerprint density at radius 3 is 2.32 bits per heavy atom. The molecule has 1 unspecified atom stereocenters. The number of rotatable bonds is 6. The van der Waals surface area contributed by atoms with Gasteiger partial charge in [0.25, 0.3) is 0 Å². The van der Waals surface area contributed by atoms with Crippen LogP contribution < -0.4 is 10.2 Å². The second-order valence-corrected chi connectivity index (χ2v) is 9.64. The number of nitrogens with one attached hydrogen (secondary N) is 1. The predicted molar refractivity (Wildman–Crippen MR) is 128 cm³/mol. The Balaban J connectivity index is 1.62. The first-order chi connectivity index (χ1) is 15.0. The molecule has 1 amide bonds. The molecule has 2 aromatic carbocycles. The van der Waals surface area contributed by atoms with Crippen molar-refractivity contribution in [1.82, 2.24) is 14.8 Å². The Kier molecular flexibility index (Phi) is 6.96. The van der Waals surface area contributed by atoms with Gasteiger partial charge in [0.15, 0.2) is 5.16 Å². The standard InChI is InChI=1S/C21H20Cl3N5OS/c1-13(19(30)25-18-15(23)8-6-9-16(18)24)31-21-27-26-20(28-11-4-5-12-28)29(21)17-10-3-2-7-14(17)22/h2-3,6-10,13H,4-5,11-12H2,1H3,(H,25,30). The van der Waals surface area contributed by atoms with E-state index in [1.165, 1.54) is 11.8 Å². The lowest BCUT2D eigenvalue weighted by Gasteiger charge is -2.20. The molecule has 0 saturated carbocycles. The number of hydrogen-bond acceptors (Lipinski definition) is 5. The molecule has 162 valence electrons. The molecule has 31 heavy (non-hydrogen) atoms. The molecule has 0 spiro atoms. The topological polar surface area (TPSA) is 63.1 Å². The van der Waals surface area contributed by atoms with Crippen molar-refractivity contribution >= 4 is 64.1 Å².